The van der Waals surface area contributed by atoms with Gasteiger partial charge in [-0.25, -0.2) is 0 Å². The zero-order valence-electron chi connectivity index (χ0n) is 10.9. The van der Waals surface area contributed by atoms with Crippen LogP contribution in [0.2, 0.25) is 0 Å². The lowest BCUT2D eigenvalue weighted by atomic mass is 9.87. The summed E-state index contributed by atoms with van der Waals surface area (Å²) in [6.07, 6.45) is 11.3. The van der Waals surface area contributed by atoms with Gasteiger partial charge in [0.05, 0.1) is 0 Å². The van der Waals surface area contributed by atoms with Gasteiger partial charge in [-0.1, -0.05) is 50.6 Å². The lowest BCUT2D eigenvalue weighted by Gasteiger charge is -2.18. The Hall–Kier alpha value is -0.990. The number of nitrogen functional groups attached to an aromatic ring is 1. The molecule has 1 saturated carbocycles. The molecule has 3 heteroatoms. The predicted octanol–water partition coefficient (Wildman–Crippen LogP) is 4.04. The Morgan fingerprint density at radius 3 is 2.47 bits per heavy atom. The van der Waals surface area contributed by atoms with Gasteiger partial charge in [0.25, 0.3) is 0 Å². The van der Waals surface area contributed by atoms with Crippen molar-refractivity contribution >= 4 is 5.82 Å². The Morgan fingerprint density at radius 2 is 1.82 bits per heavy atom. The number of hydrogen-bond donors (Lipinski definition) is 1. The van der Waals surface area contributed by atoms with Crippen molar-refractivity contribution in [3.05, 3.63) is 11.3 Å². The van der Waals surface area contributed by atoms with Gasteiger partial charge in [0, 0.05) is 11.5 Å². The number of nitrogens with zero attached hydrogens (tertiary/aromatic N) is 1. The van der Waals surface area contributed by atoms with Crippen molar-refractivity contribution in [1.82, 2.24) is 5.16 Å². The van der Waals surface area contributed by atoms with Crippen LogP contribution in [-0.4, -0.2) is 5.16 Å². The second kappa shape index (κ2) is 6.08. The van der Waals surface area contributed by atoms with E-state index in [-0.39, 0.29) is 0 Å². The van der Waals surface area contributed by atoms with Gasteiger partial charge in [-0.15, -0.1) is 0 Å². The Kier molecular flexibility index (Phi) is 4.46. The van der Waals surface area contributed by atoms with Crippen molar-refractivity contribution < 1.29 is 4.52 Å². The monoisotopic (exact) mass is 236 g/mol. The standard InChI is InChI=1S/C14H24N2O/c1-2-8-12-13(17-16-14(12)15)11-9-6-4-3-5-7-10-11/h11H,2-10H2,1H3,(H2,15,16). The van der Waals surface area contributed by atoms with Crippen molar-refractivity contribution in [2.75, 3.05) is 5.73 Å². The van der Waals surface area contributed by atoms with Crippen molar-refractivity contribution in [3.63, 3.8) is 0 Å². The minimum absolute atomic E-state index is 0.557. The van der Waals surface area contributed by atoms with E-state index >= 15 is 0 Å². The Labute approximate surface area is 104 Å². The first-order valence-corrected chi connectivity index (χ1v) is 7.06. The summed E-state index contributed by atoms with van der Waals surface area (Å²) in [5.74, 6) is 2.26. The third-order valence-electron chi connectivity index (χ3n) is 3.82. The fourth-order valence-electron chi connectivity index (χ4n) is 2.88. The predicted molar refractivity (Wildman–Crippen MR) is 70.0 cm³/mol. The molecule has 0 bridgehead atoms. The van der Waals surface area contributed by atoms with Crippen LogP contribution in [0.1, 0.15) is 75.5 Å². The van der Waals surface area contributed by atoms with Crippen molar-refractivity contribution in [1.29, 1.82) is 0 Å². The quantitative estimate of drug-likeness (QED) is 0.861. The molecule has 0 amide bonds. The minimum Gasteiger partial charge on any atom is -0.381 e. The highest BCUT2D eigenvalue weighted by molar-refractivity contribution is 5.41. The molecule has 0 unspecified atom stereocenters. The SMILES string of the molecule is CCCc1c(N)noc1C1CCCCCCC1. The third kappa shape index (κ3) is 3.02. The molecule has 1 aromatic rings. The summed E-state index contributed by atoms with van der Waals surface area (Å²) in [6.45, 7) is 2.17. The van der Waals surface area contributed by atoms with E-state index < -0.39 is 0 Å². The summed E-state index contributed by atoms with van der Waals surface area (Å²) in [7, 11) is 0. The van der Waals surface area contributed by atoms with E-state index in [1.807, 2.05) is 0 Å². The lowest BCUT2D eigenvalue weighted by Crippen LogP contribution is -2.04. The first-order chi connectivity index (χ1) is 8.33. The molecule has 17 heavy (non-hydrogen) atoms. The number of hydrogen-bond acceptors (Lipinski definition) is 3. The Balaban J connectivity index is 2.13. The molecule has 1 aliphatic carbocycles. The number of nitrogens with two attached hydrogens (primary N) is 1. The maximum absolute atomic E-state index is 5.90. The van der Waals surface area contributed by atoms with E-state index in [1.54, 1.807) is 0 Å². The fraction of sp³-hybridized carbons (Fsp3) is 0.786. The van der Waals surface area contributed by atoms with Gasteiger partial charge < -0.3 is 10.3 Å². The highest BCUT2D eigenvalue weighted by atomic mass is 16.5. The van der Waals surface area contributed by atoms with E-state index in [0.717, 1.165) is 18.6 Å². The van der Waals surface area contributed by atoms with Crippen LogP contribution in [0.5, 0.6) is 0 Å². The van der Waals surface area contributed by atoms with Gasteiger partial charge in [-0.2, -0.15) is 0 Å². The van der Waals surface area contributed by atoms with Gasteiger partial charge in [-0.3, -0.25) is 0 Å². The van der Waals surface area contributed by atoms with Crippen LogP contribution < -0.4 is 5.73 Å². The normalized spacial score (nSPS) is 18.9. The fourth-order valence-corrected chi connectivity index (χ4v) is 2.88. The molecule has 0 saturated heterocycles. The summed E-state index contributed by atoms with van der Waals surface area (Å²) in [6, 6.07) is 0. The topological polar surface area (TPSA) is 52.0 Å². The highest BCUT2D eigenvalue weighted by Crippen LogP contribution is 2.35. The zero-order chi connectivity index (χ0) is 12.1. The molecule has 1 fully saturated rings. The molecule has 96 valence electrons. The average molecular weight is 236 g/mol. The molecular weight excluding hydrogens is 212 g/mol. The molecule has 0 radical (unpaired) electrons. The van der Waals surface area contributed by atoms with Crippen LogP contribution >= 0.6 is 0 Å². The Bertz CT molecular complexity index is 338. The van der Waals surface area contributed by atoms with Crippen molar-refractivity contribution in [2.24, 2.45) is 0 Å². The maximum Gasteiger partial charge on any atom is 0.170 e. The van der Waals surface area contributed by atoms with E-state index in [2.05, 4.69) is 12.1 Å². The van der Waals surface area contributed by atoms with E-state index in [9.17, 15) is 0 Å². The average Bonchev–Trinajstić information content (AvgIpc) is 2.62. The van der Waals surface area contributed by atoms with Crippen LogP contribution in [0.15, 0.2) is 4.52 Å². The molecule has 0 aliphatic heterocycles. The summed E-state index contributed by atoms with van der Waals surface area (Å²) >= 11 is 0. The first kappa shape index (κ1) is 12.5. The molecule has 1 aliphatic rings. The molecule has 0 spiro atoms. The minimum atomic E-state index is 0.557. The van der Waals surface area contributed by atoms with Crippen molar-refractivity contribution in [3.8, 4) is 0 Å². The molecule has 1 aromatic heterocycles. The second-order valence-corrected chi connectivity index (χ2v) is 5.20. The van der Waals surface area contributed by atoms with Crippen LogP contribution in [0.4, 0.5) is 5.82 Å². The molecular formula is C14H24N2O. The second-order valence-electron chi connectivity index (χ2n) is 5.20. The highest BCUT2D eigenvalue weighted by Gasteiger charge is 2.22. The molecule has 2 N–H and O–H groups in total. The van der Waals surface area contributed by atoms with E-state index in [1.165, 1.54) is 50.5 Å². The third-order valence-corrected chi connectivity index (χ3v) is 3.82. The van der Waals surface area contributed by atoms with Gasteiger partial charge in [0.15, 0.2) is 5.82 Å². The maximum atomic E-state index is 5.90. The van der Waals surface area contributed by atoms with E-state index in [0.29, 0.717) is 11.7 Å². The van der Waals surface area contributed by atoms with Gasteiger partial charge in [0.1, 0.15) is 5.76 Å². The van der Waals surface area contributed by atoms with Gasteiger partial charge in [0.2, 0.25) is 0 Å². The number of anilines is 1. The summed E-state index contributed by atoms with van der Waals surface area (Å²) < 4.78 is 5.51. The molecule has 2 rings (SSSR count). The zero-order valence-corrected chi connectivity index (χ0v) is 10.9. The molecule has 0 atom stereocenters. The number of rotatable bonds is 3. The summed E-state index contributed by atoms with van der Waals surface area (Å²) in [5, 5.41) is 3.97. The van der Waals surface area contributed by atoms with Gasteiger partial charge in [-0.05, 0) is 19.3 Å². The lowest BCUT2D eigenvalue weighted by molar-refractivity contribution is 0.329. The largest absolute Gasteiger partial charge is 0.381 e. The van der Waals surface area contributed by atoms with Crippen molar-refractivity contribution in [2.45, 2.75) is 70.6 Å². The van der Waals surface area contributed by atoms with Gasteiger partial charge >= 0.3 is 0 Å². The van der Waals surface area contributed by atoms with Crippen LogP contribution in [0, 0.1) is 0 Å². The summed E-state index contributed by atoms with van der Waals surface area (Å²) in [5.41, 5.74) is 7.08. The molecule has 3 nitrogen and oxygen atoms in total. The van der Waals surface area contributed by atoms with E-state index in [4.69, 9.17) is 10.3 Å². The Morgan fingerprint density at radius 1 is 1.18 bits per heavy atom. The van der Waals surface area contributed by atoms with Crippen LogP contribution in [0.3, 0.4) is 0 Å². The first-order valence-electron chi connectivity index (χ1n) is 7.06. The van der Waals surface area contributed by atoms with Crippen LogP contribution in [-0.2, 0) is 6.42 Å². The smallest absolute Gasteiger partial charge is 0.170 e. The molecule has 1 heterocycles. The van der Waals surface area contributed by atoms with Crippen LogP contribution in [0.25, 0.3) is 0 Å². The number of aromatic nitrogens is 1. The summed E-state index contributed by atoms with van der Waals surface area (Å²) in [4.78, 5) is 0. The molecule has 0 aromatic carbocycles.